The third-order valence-corrected chi connectivity index (χ3v) is 5.14. The number of aliphatic carboxylic acids is 1. The molecule has 2 rings (SSSR count). The summed E-state index contributed by atoms with van der Waals surface area (Å²) >= 11 is 2.05. The van der Waals surface area contributed by atoms with E-state index in [0.29, 0.717) is 11.3 Å². The number of carboxylic acid groups (broad SMARTS) is 1. The van der Waals surface area contributed by atoms with Crippen LogP contribution in [-0.2, 0) is 11.3 Å². The minimum atomic E-state index is -0.914. The van der Waals surface area contributed by atoms with Crippen molar-refractivity contribution in [2.24, 2.45) is 0 Å². The second kappa shape index (κ2) is 6.95. The lowest BCUT2D eigenvalue weighted by Gasteiger charge is -2.37. The van der Waals surface area contributed by atoms with E-state index in [9.17, 15) is 4.79 Å². The van der Waals surface area contributed by atoms with Gasteiger partial charge in [0, 0.05) is 36.2 Å². The lowest BCUT2D eigenvalue weighted by Crippen LogP contribution is -2.43. The molecule has 0 bridgehead atoms. The number of benzene rings is 1. The maximum Gasteiger partial charge on any atom is 0.328 e. The number of rotatable bonds is 4. The molecule has 1 fully saturated rings. The molecule has 2 unspecified atom stereocenters. The van der Waals surface area contributed by atoms with Gasteiger partial charge in [-0.1, -0.05) is 31.2 Å². The van der Waals surface area contributed by atoms with Gasteiger partial charge in [-0.25, -0.2) is 4.79 Å². The fourth-order valence-corrected chi connectivity index (χ4v) is 3.52. The molecule has 1 saturated heterocycles. The first kappa shape index (κ1) is 15.1. The maximum atomic E-state index is 10.5. The van der Waals surface area contributed by atoms with Crippen molar-refractivity contribution < 1.29 is 9.90 Å². The Kier molecular flexibility index (Phi) is 5.26. The largest absolute Gasteiger partial charge is 0.478 e. The van der Waals surface area contributed by atoms with E-state index >= 15 is 0 Å². The van der Waals surface area contributed by atoms with Crippen LogP contribution in [0.25, 0.3) is 6.08 Å². The van der Waals surface area contributed by atoms with Crippen molar-refractivity contribution in [3.05, 3.63) is 41.5 Å². The average molecular weight is 291 g/mol. The molecular weight excluding hydrogens is 270 g/mol. The van der Waals surface area contributed by atoms with Gasteiger partial charge in [0.15, 0.2) is 0 Å². The lowest BCUT2D eigenvalue weighted by atomic mass is 10.1. The van der Waals surface area contributed by atoms with Crippen molar-refractivity contribution in [1.82, 2.24) is 4.90 Å². The Morgan fingerprint density at radius 1 is 1.40 bits per heavy atom. The SMILES string of the molecule is CC1SCCN(Cc2ccc(/C=C/C(=O)O)cc2)C1C. The fourth-order valence-electron chi connectivity index (χ4n) is 2.35. The van der Waals surface area contributed by atoms with Gasteiger partial charge < -0.3 is 5.11 Å². The summed E-state index contributed by atoms with van der Waals surface area (Å²) in [6.45, 7) is 6.69. The van der Waals surface area contributed by atoms with Crippen LogP contribution in [0.15, 0.2) is 30.3 Å². The van der Waals surface area contributed by atoms with Crippen LogP contribution in [0.2, 0.25) is 0 Å². The molecule has 1 aromatic carbocycles. The molecular formula is C16H21NO2S. The number of carboxylic acids is 1. The predicted octanol–water partition coefficient (Wildman–Crippen LogP) is 3.11. The van der Waals surface area contributed by atoms with Crippen molar-refractivity contribution in [3.8, 4) is 0 Å². The number of thioether (sulfide) groups is 1. The second-order valence-electron chi connectivity index (χ2n) is 5.20. The summed E-state index contributed by atoms with van der Waals surface area (Å²) in [4.78, 5) is 13.0. The molecule has 1 N–H and O–H groups in total. The van der Waals surface area contributed by atoms with Gasteiger partial charge in [-0.15, -0.1) is 0 Å². The van der Waals surface area contributed by atoms with Gasteiger partial charge in [0.05, 0.1) is 0 Å². The van der Waals surface area contributed by atoms with E-state index in [1.807, 2.05) is 23.9 Å². The molecule has 2 atom stereocenters. The highest BCUT2D eigenvalue weighted by Gasteiger charge is 2.24. The monoisotopic (exact) mass is 291 g/mol. The third-order valence-electron chi connectivity index (χ3n) is 3.80. The summed E-state index contributed by atoms with van der Waals surface area (Å²) < 4.78 is 0. The van der Waals surface area contributed by atoms with Crippen molar-refractivity contribution in [2.75, 3.05) is 12.3 Å². The summed E-state index contributed by atoms with van der Waals surface area (Å²) in [6, 6.07) is 8.71. The van der Waals surface area contributed by atoms with E-state index in [2.05, 4.69) is 30.9 Å². The number of carbonyl (C=O) groups is 1. The molecule has 20 heavy (non-hydrogen) atoms. The summed E-state index contributed by atoms with van der Waals surface area (Å²) in [5.74, 6) is 0.285. The van der Waals surface area contributed by atoms with Crippen LogP contribution in [0.4, 0.5) is 0 Å². The van der Waals surface area contributed by atoms with Crippen LogP contribution in [0, 0.1) is 0 Å². The van der Waals surface area contributed by atoms with Crippen molar-refractivity contribution >= 4 is 23.8 Å². The Morgan fingerprint density at radius 2 is 2.10 bits per heavy atom. The minimum absolute atomic E-state index is 0.598. The second-order valence-corrected chi connectivity index (χ2v) is 6.69. The first-order valence-corrected chi connectivity index (χ1v) is 7.97. The third kappa shape index (κ3) is 4.12. The van der Waals surface area contributed by atoms with Gasteiger partial charge in [0.25, 0.3) is 0 Å². The number of hydrogen-bond donors (Lipinski definition) is 1. The van der Waals surface area contributed by atoms with Crippen LogP contribution in [-0.4, -0.2) is 39.6 Å². The summed E-state index contributed by atoms with van der Waals surface area (Å²) in [5.41, 5.74) is 2.20. The highest BCUT2D eigenvalue weighted by atomic mass is 32.2. The van der Waals surface area contributed by atoms with Crippen LogP contribution < -0.4 is 0 Å². The van der Waals surface area contributed by atoms with E-state index < -0.39 is 5.97 Å². The van der Waals surface area contributed by atoms with Gasteiger partial charge in [-0.05, 0) is 24.1 Å². The van der Waals surface area contributed by atoms with Crippen molar-refractivity contribution in [3.63, 3.8) is 0 Å². The predicted molar refractivity (Wildman–Crippen MR) is 84.9 cm³/mol. The topological polar surface area (TPSA) is 40.5 Å². The van der Waals surface area contributed by atoms with Gasteiger partial charge >= 0.3 is 5.97 Å². The summed E-state index contributed by atoms with van der Waals surface area (Å²) in [5, 5.41) is 9.29. The Morgan fingerprint density at radius 3 is 2.75 bits per heavy atom. The van der Waals surface area contributed by atoms with Crippen molar-refractivity contribution in [2.45, 2.75) is 31.7 Å². The number of nitrogens with zero attached hydrogens (tertiary/aromatic N) is 1. The average Bonchev–Trinajstić information content (AvgIpc) is 2.43. The Balaban J connectivity index is 1.98. The molecule has 0 aliphatic carbocycles. The minimum Gasteiger partial charge on any atom is -0.478 e. The molecule has 1 aliphatic rings. The van der Waals surface area contributed by atoms with Crippen LogP contribution in [0.5, 0.6) is 0 Å². The fraction of sp³-hybridized carbons (Fsp3) is 0.438. The molecule has 3 nitrogen and oxygen atoms in total. The van der Waals surface area contributed by atoms with E-state index in [-0.39, 0.29) is 0 Å². The van der Waals surface area contributed by atoms with E-state index in [1.165, 1.54) is 17.4 Å². The van der Waals surface area contributed by atoms with Gasteiger partial charge in [-0.2, -0.15) is 11.8 Å². The molecule has 108 valence electrons. The van der Waals surface area contributed by atoms with Crippen LogP contribution in [0.1, 0.15) is 25.0 Å². The summed E-state index contributed by atoms with van der Waals surface area (Å²) in [6.07, 6.45) is 2.79. The molecule has 0 amide bonds. The maximum absolute atomic E-state index is 10.5. The van der Waals surface area contributed by atoms with Gasteiger partial charge in [0.2, 0.25) is 0 Å². The molecule has 0 radical (unpaired) electrons. The smallest absolute Gasteiger partial charge is 0.328 e. The van der Waals surface area contributed by atoms with E-state index in [0.717, 1.165) is 18.7 Å². The molecule has 4 heteroatoms. The van der Waals surface area contributed by atoms with Gasteiger partial charge in [-0.3, -0.25) is 4.90 Å². The van der Waals surface area contributed by atoms with Crippen LogP contribution in [0.3, 0.4) is 0 Å². The van der Waals surface area contributed by atoms with E-state index in [1.54, 1.807) is 6.08 Å². The first-order chi connectivity index (χ1) is 9.56. The Bertz CT molecular complexity index is 484. The quantitative estimate of drug-likeness (QED) is 0.865. The normalized spacial score (nSPS) is 24.1. The molecule has 1 aromatic rings. The molecule has 0 spiro atoms. The Hall–Kier alpha value is -1.26. The van der Waals surface area contributed by atoms with Gasteiger partial charge in [0.1, 0.15) is 0 Å². The zero-order valence-electron chi connectivity index (χ0n) is 12.0. The Labute approximate surface area is 124 Å². The van der Waals surface area contributed by atoms with Crippen molar-refractivity contribution in [1.29, 1.82) is 0 Å². The summed E-state index contributed by atoms with van der Waals surface area (Å²) in [7, 11) is 0. The zero-order chi connectivity index (χ0) is 14.5. The number of hydrogen-bond acceptors (Lipinski definition) is 3. The first-order valence-electron chi connectivity index (χ1n) is 6.92. The molecule has 1 aliphatic heterocycles. The highest BCUT2D eigenvalue weighted by molar-refractivity contribution is 8.00. The zero-order valence-corrected chi connectivity index (χ0v) is 12.8. The van der Waals surface area contributed by atoms with Crippen LogP contribution >= 0.6 is 11.8 Å². The molecule has 1 heterocycles. The molecule has 0 aromatic heterocycles. The lowest BCUT2D eigenvalue weighted by molar-refractivity contribution is -0.131. The standard InChI is InChI=1S/C16H21NO2S/c1-12-13(2)20-10-9-17(12)11-15-5-3-14(4-6-15)7-8-16(18)19/h3-8,12-13H,9-11H2,1-2H3,(H,18,19)/b8-7+. The molecule has 0 saturated carbocycles. The van der Waals surface area contributed by atoms with E-state index in [4.69, 9.17) is 5.11 Å². The highest BCUT2D eigenvalue weighted by Crippen LogP contribution is 2.25.